The van der Waals surface area contributed by atoms with Crippen LogP contribution in [-0.2, 0) is 14.3 Å². The molecule has 1 atom stereocenters. The first-order chi connectivity index (χ1) is 18.8. The van der Waals surface area contributed by atoms with Gasteiger partial charge < -0.3 is 19.4 Å². The Morgan fingerprint density at radius 2 is 1.85 bits per heavy atom. The first kappa shape index (κ1) is 27.0. The fraction of sp³-hybridized carbons (Fsp3) is 0.367. The molecule has 2 aromatic carbocycles. The first-order valence-corrected chi connectivity index (χ1v) is 14.1. The van der Waals surface area contributed by atoms with E-state index in [1.165, 1.54) is 24.9 Å². The summed E-state index contributed by atoms with van der Waals surface area (Å²) in [5.41, 5.74) is 5.77. The Morgan fingerprint density at radius 3 is 2.51 bits per heavy atom. The number of carbonyl (C=O) groups is 2. The van der Waals surface area contributed by atoms with Crippen LogP contribution in [0.25, 0.3) is 0 Å². The molecule has 0 bridgehead atoms. The average Bonchev–Trinajstić information content (AvgIpc) is 3.34. The normalized spacial score (nSPS) is 19.1. The molecule has 3 heterocycles. The van der Waals surface area contributed by atoms with Crippen molar-refractivity contribution in [2.24, 2.45) is 4.99 Å². The topological polar surface area (TPSA) is 65.5 Å². The van der Waals surface area contributed by atoms with Gasteiger partial charge in [-0.1, -0.05) is 54.6 Å². The number of amidine groups is 1. The van der Waals surface area contributed by atoms with Crippen molar-refractivity contribution in [3.63, 3.8) is 0 Å². The molecule has 1 amide bonds. The van der Waals surface area contributed by atoms with Crippen LogP contribution in [0.2, 0.25) is 0 Å². The largest absolute Gasteiger partial charge is 0.466 e. The van der Waals surface area contributed by atoms with Gasteiger partial charge in [-0.05, 0) is 48.9 Å². The van der Waals surface area contributed by atoms with E-state index in [0.29, 0.717) is 49.6 Å². The zero-order chi connectivity index (χ0) is 27.7. The van der Waals surface area contributed by atoms with Gasteiger partial charge in [-0.25, -0.2) is 14.2 Å². The lowest BCUT2D eigenvalue weighted by Gasteiger charge is -2.39. The summed E-state index contributed by atoms with van der Waals surface area (Å²) in [4.78, 5) is 37.3. The third-order valence-corrected chi connectivity index (χ3v) is 8.40. The van der Waals surface area contributed by atoms with E-state index >= 15 is 0 Å². The second-order valence-corrected chi connectivity index (χ2v) is 10.8. The van der Waals surface area contributed by atoms with Crippen molar-refractivity contribution in [3.8, 4) is 0 Å². The number of hydrogen-bond donors (Lipinski definition) is 0. The Bertz CT molecular complexity index is 1390. The number of thioether (sulfide) groups is 1. The number of rotatable bonds is 6. The van der Waals surface area contributed by atoms with Gasteiger partial charge in [-0.2, -0.15) is 0 Å². The lowest BCUT2D eigenvalue weighted by atomic mass is 9.89. The van der Waals surface area contributed by atoms with Gasteiger partial charge in [0.05, 0.1) is 36.5 Å². The molecule has 39 heavy (non-hydrogen) atoms. The van der Waals surface area contributed by atoms with Crippen LogP contribution in [0.4, 0.5) is 10.1 Å². The number of fused-ring (bicyclic) bond motifs is 1. The van der Waals surface area contributed by atoms with Crippen molar-refractivity contribution < 1.29 is 18.7 Å². The zero-order valence-corrected chi connectivity index (χ0v) is 23.6. The van der Waals surface area contributed by atoms with Gasteiger partial charge in [-0.3, -0.25) is 4.79 Å². The fourth-order valence-electron chi connectivity index (χ4n) is 5.51. The molecule has 5 rings (SSSR count). The molecule has 0 unspecified atom stereocenters. The van der Waals surface area contributed by atoms with Crippen LogP contribution in [0.15, 0.2) is 69.8 Å². The summed E-state index contributed by atoms with van der Waals surface area (Å²) >= 11 is 1.48. The minimum atomic E-state index is -0.438. The molecule has 7 nitrogen and oxygen atoms in total. The molecule has 0 aromatic heterocycles. The highest BCUT2D eigenvalue weighted by atomic mass is 32.2. The summed E-state index contributed by atoms with van der Waals surface area (Å²) in [6.07, 6.45) is 0.771. The molecule has 1 saturated heterocycles. The Labute approximate surface area is 233 Å². The first-order valence-electron chi connectivity index (χ1n) is 13.2. The molecule has 0 saturated carbocycles. The van der Waals surface area contributed by atoms with E-state index in [-0.39, 0.29) is 18.1 Å². The summed E-state index contributed by atoms with van der Waals surface area (Å²) in [6, 6.07) is 12.5. The van der Waals surface area contributed by atoms with Crippen molar-refractivity contribution >= 4 is 34.5 Å². The predicted octanol–water partition coefficient (Wildman–Crippen LogP) is 5.32. The molecule has 0 spiro atoms. The van der Waals surface area contributed by atoms with Gasteiger partial charge in [0.15, 0.2) is 5.17 Å². The van der Waals surface area contributed by atoms with Crippen molar-refractivity contribution in [2.45, 2.75) is 39.7 Å². The van der Waals surface area contributed by atoms with Crippen LogP contribution in [0.3, 0.4) is 0 Å². The number of nitrogens with zero attached hydrogens (tertiary/aromatic N) is 4. The number of amides is 1. The smallest absolute Gasteiger partial charge is 0.338 e. The number of ether oxygens (including phenoxy) is 1. The molecule has 0 radical (unpaired) electrons. The fourth-order valence-corrected chi connectivity index (χ4v) is 6.45. The number of aliphatic imine (C=N–C) groups is 1. The maximum atomic E-state index is 14.3. The van der Waals surface area contributed by atoms with Gasteiger partial charge in [0, 0.05) is 31.9 Å². The van der Waals surface area contributed by atoms with E-state index in [4.69, 9.17) is 9.73 Å². The summed E-state index contributed by atoms with van der Waals surface area (Å²) < 4.78 is 19.5. The van der Waals surface area contributed by atoms with Crippen molar-refractivity contribution in [3.05, 3.63) is 87.3 Å². The van der Waals surface area contributed by atoms with Crippen molar-refractivity contribution in [2.75, 3.05) is 38.2 Å². The van der Waals surface area contributed by atoms with Crippen LogP contribution in [0.5, 0.6) is 0 Å². The monoisotopic (exact) mass is 548 g/mol. The number of piperazine rings is 1. The molecule has 2 aromatic rings. The van der Waals surface area contributed by atoms with Crippen molar-refractivity contribution in [1.82, 2.24) is 9.80 Å². The molecule has 1 fully saturated rings. The van der Waals surface area contributed by atoms with E-state index in [1.807, 2.05) is 53.0 Å². The number of methoxy groups -OCH3 is 1. The van der Waals surface area contributed by atoms with Crippen molar-refractivity contribution in [1.29, 1.82) is 0 Å². The second kappa shape index (κ2) is 11.3. The summed E-state index contributed by atoms with van der Waals surface area (Å²) in [7, 11) is 1.39. The minimum Gasteiger partial charge on any atom is -0.466 e. The number of anilines is 1. The van der Waals surface area contributed by atoms with Gasteiger partial charge >= 0.3 is 5.97 Å². The van der Waals surface area contributed by atoms with E-state index in [0.717, 1.165) is 27.6 Å². The lowest BCUT2D eigenvalue weighted by molar-refractivity contribution is -0.136. The third kappa shape index (κ3) is 5.20. The zero-order valence-electron chi connectivity index (χ0n) is 22.7. The molecule has 9 heteroatoms. The SMILES string of the molecule is CCC1=C(C(=O)OC)[C@@H](c2ccc(C)cc2C)N2C(CC(=O)N3CCN(c4ccccc4F)CC3)=CSC2=N1. The quantitative estimate of drug-likeness (QED) is 0.456. The van der Waals surface area contributed by atoms with Crippen LogP contribution < -0.4 is 4.90 Å². The molecule has 3 aliphatic heterocycles. The highest BCUT2D eigenvalue weighted by Gasteiger charge is 2.42. The maximum Gasteiger partial charge on any atom is 0.338 e. The number of esters is 1. The lowest BCUT2D eigenvalue weighted by Crippen LogP contribution is -2.49. The van der Waals surface area contributed by atoms with E-state index in [2.05, 4.69) is 12.1 Å². The van der Waals surface area contributed by atoms with E-state index in [9.17, 15) is 14.0 Å². The molecule has 0 N–H and O–H groups in total. The number of halogens is 1. The maximum absolute atomic E-state index is 14.3. The van der Waals surface area contributed by atoms with Crippen LogP contribution in [-0.4, -0.2) is 60.1 Å². The Kier molecular flexibility index (Phi) is 7.79. The number of aryl methyl sites for hydroxylation is 2. The van der Waals surface area contributed by atoms with E-state index in [1.54, 1.807) is 12.1 Å². The van der Waals surface area contributed by atoms with Gasteiger partial charge in [0.25, 0.3) is 0 Å². The number of para-hydroxylation sites is 1. The minimum absolute atomic E-state index is 0.000507. The molecule has 204 valence electrons. The molecule has 3 aliphatic rings. The van der Waals surface area contributed by atoms with Crippen LogP contribution in [0.1, 0.15) is 42.5 Å². The van der Waals surface area contributed by atoms with Gasteiger partial charge in [-0.15, -0.1) is 0 Å². The highest BCUT2D eigenvalue weighted by molar-refractivity contribution is 8.16. The van der Waals surface area contributed by atoms with Crippen LogP contribution >= 0.6 is 11.8 Å². The average molecular weight is 549 g/mol. The molecular weight excluding hydrogens is 515 g/mol. The summed E-state index contributed by atoms with van der Waals surface area (Å²) in [5.74, 6) is -0.660. The third-order valence-electron chi connectivity index (χ3n) is 7.51. The van der Waals surface area contributed by atoms with E-state index < -0.39 is 12.0 Å². The Morgan fingerprint density at radius 1 is 1.10 bits per heavy atom. The molecular formula is C30H33FN4O3S. The van der Waals surface area contributed by atoms with Gasteiger partial charge in [0.1, 0.15) is 5.82 Å². The predicted molar refractivity (Wildman–Crippen MR) is 153 cm³/mol. The summed E-state index contributed by atoms with van der Waals surface area (Å²) in [6.45, 7) is 8.23. The second-order valence-electron chi connectivity index (χ2n) is 9.96. The number of hydrogen-bond acceptors (Lipinski definition) is 7. The number of benzene rings is 2. The standard InChI is InChI=1S/C30H33FN4O3S/c1-5-24-27(29(37)38-4)28(22-11-10-19(2)16-20(22)3)35-21(18-39-30(35)32-24)17-26(36)34-14-12-33(13-15-34)25-9-7-6-8-23(25)31/h6-11,16,18,28H,5,12-15,17H2,1-4H3/t28-/m1/s1. The Balaban J connectivity index is 1.39. The number of allylic oxidation sites excluding steroid dienone is 1. The summed E-state index contributed by atoms with van der Waals surface area (Å²) in [5, 5.41) is 2.73. The van der Waals surface area contributed by atoms with Crippen LogP contribution in [0, 0.1) is 19.7 Å². The van der Waals surface area contributed by atoms with Gasteiger partial charge in [0.2, 0.25) is 5.91 Å². The Hall–Kier alpha value is -3.59. The molecule has 0 aliphatic carbocycles. The number of carbonyl (C=O) groups excluding carboxylic acids is 2. The highest BCUT2D eigenvalue weighted by Crippen LogP contribution is 2.46.